The summed E-state index contributed by atoms with van der Waals surface area (Å²) in [6.45, 7) is 11.9. The maximum atomic E-state index is 12.0. The lowest BCUT2D eigenvalue weighted by Crippen LogP contribution is -2.48. The van der Waals surface area contributed by atoms with Crippen molar-refractivity contribution in [2.24, 2.45) is 0 Å². The lowest BCUT2D eigenvalue weighted by atomic mass is 10.2. The van der Waals surface area contributed by atoms with Crippen LogP contribution in [0.3, 0.4) is 0 Å². The van der Waals surface area contributed by atoms with Crippen LogP contribution in [0.4, 0.5) is 0 Å². The van der Waals surface area contributed by atoms with Crippen molar-refractivity contribution in [3.63, 3.8) is 0 Å². The molecule has 0 aromatic carbocycles. The molecule has 16 heavy (non-hydrogen) atoms. The maximum absolute atomic E-state index is 12.0. The van der Waals surface area contributed by atoms with Crippen LogP contribution < -0.4 is 5.32 Å². The van der Waals surface area contributed by atoms with E-state index in [2.05, 4.69) is 19.2 Å². The normalized spacial score (nSPS) is 14.6. The van der Waals surface area contributed by atoms with Crippen molar-refractivity contribution in [3.8, 4) is 0 Å². The third-order valence-corrected chi connectivity index (χ3v) is 3.70. The molecule has 0 aliphatic carbocycles. The van der Waals surface area contributed by atoms with E-state index in [9.17, 15) is 4.79 Å². The van der Waals surface area contributed by atoms with Crippen LogP contribution in [0.15, 0.2) is 0 Å². The van der Waals surface area contributed by atoms with Gasteiger partial charge in [-0.15, -0.1) is 0 Å². The molecule has 1 N–H and O–H groups in total. The van der Waals surface area contributed by atoms with Crippen molar-refractivity contribution in [1.29, 1.82) is 0 Å². The van der Waals surface area contributed by atoms with Crippen LogP contribution in [0.25, 0.3) is 0 Å². The van der Waals surface area contributed by atoms with Crippen LogP contribution in [0.2, 0.25) is 0 Å². The van der Waals surface area contributed by atoms with Crippen molar-refractivity contribution >= 4 is 17.7 Å². The Morgan fingerprint density at radius 2 is 1.81 bits per heavy atom. The molecule has 0 aromatic heterocycles. The molecule has 0 saturated carbocycles. The second-order valence-electron chi connectivity index (χ2n) is 3.96. The van der Waals surface area contributed by atoms with Crippen LogP contribution in [0.5, 0.6) is 0 Å². The molecule has 0 aliphatic rings. The van der Waals surface area contributed by atoms with E-state index in [-0.39, 0.29) is 11.9 Å². The number of hydrogen-bond donors (Lipinski definition) is 1. The Morgan fingerprint density at radius 3 is 2.25 bits per heavy atom. The highest BCUT2D eigenvalue weighted by molar-refractivity contribution is 7.99. The molecule has 2 atom stereocenters. The van der Waals surface area contributed by atoms with Crippen LogP contribution in [-0.4, -0.2) is 47.5 Å². The molecular formula is C12H26N2OS. The van der Waals surface area contributed by atoms with Gasteiger partial charge < -0.3 is 10.2 Å². The highest BCUT2D eigenvalue weighted by atomic mass is 32.2. The van der Waals surface area contributed by atoms with Gasteiger partial charge in [-0.2, -0.15) is 11.8 Å². The van der Waals surface area contributed by atoms with Crippen molar-refractivity contribution in [2.75, 3.05) is 24.6 Å². The molecule has 3 nitrogen and oxygen atoms in total. The fourth-order valence-electron chi connectivity index (χ4n) is 1.65. The summed E-state index contributed by atoms with van der Waals surface area (Å²) in [7, 11) is 0. The summed E-state index contributed by atoms with van der Waals surface area (Å²) >= 11 is 1.90. The van der Waals surface area contributed by atoms with Gasteiger partial charge in [0.15, 0.2) is 0 Å². The van der Waals surface area contributed by atoms with E-state index in [4.69, 9.17) is 0 Å². The van der Waals surface area contributed by atoms with Crippen molar-refractivity contribution in [3.05, 3.63) is 0 Å². The summed E-state index contributed by atoms with van der Waals surface area (Å²) in [5.41, 5.74) is 0. The summed E-state index contributed by atoms with van der Waals surface area (Å²) < 4.78 is 0. The van der Waals surface area contributed by atoms with E-state index < -0.39 is 0 Å². The Labute approximate surface area is 104 Å². The van der Waals surface area contributed by atoms with Gasteiger partial charge in [0.1, 0.15) is 0 Å². The monoisotopic (exact) mass is 246 g/mol. The van der Waals surface area contributed by atoms with Crippen molar-refractivity contribution in [2.45, 2.75) is 46.7 Å². The molecule has 0 rings (SSSR count). The molecule has 0 spiro atoms. The molecule has 0 radical (unpaired) electrons. The molecule has 2 unspecified atom stereocenters. The highest BCUT2D eigenvalue weighted by Crippen LogP contribution is 2.03. The summed E-state index contributed by atoms with van der Waals surface area (Å²) in [4.78, 5) is 13.8. The average Bonchev–Trinajstić information content (AvgIpc) is 2.27. The maximum Gasteiger partial charge on any atom is 0.239 e. The quantitative estimate of drug-likeness (QED) is 0.711. The number of carbonyl (C=O) groups excluding carboxylic acids is 1. The number of thioether (sulfide) groups is 1. The van der Waals surface area contributed by atoms with Gasteiger partial charge in [0.2, 0.25) is 5.91 Å². The lowest BCUT2D eigenvalue weighted by Gasteiger charge is -2.25. The molecule has 0 aromatic rings. The first-order valence-electron chi connectivity index (χ1n) is 6.19. The lowest BCUT2D eigenvalue weighted by molar-refractivity contribution is -0.132. The van der Waals surface area contributed by atoms with Gasteiger partial charge in [-0.1, -0.05) is 6.92 Å². The molecule has 96 valence electrons. The van der Waals surface area contributed by atoms with Crippen LogP contribution in [0.1, 0.15) is 34.6 Å². The molecule has 4 heteroatoms. The second kappa shape index (κ2) is 8.88. The first kappa shape index (κ1) is 15.8. The fourth-order valence-corrected chi connectivity index (χ4v) is 2.34. The Bertz CT molecular complexity index is 195. The van der Waals surface area contributed by atoms with E-state index in [1.54, 1.807) is 0 Å². The SMILES string of the molecule is CCSCC(C)NC(C)C(=O)N(CC)CC. The minimum atomic E-state index is -0.0765. The average molecular weight is 246 g/mol. The summed E-state index contributed by atoms with van der Waals surface area (Å²) in [6.07, 6.45) is 0. The zero-order valence-corrected chi connectivity index (χ0v) is 12.1. The van der Waals surface area contributed by atoms with Crippen LogP contribution >= 0.6 is 11.8 Å². The molecular weight excluding hydrogens is 220 g/mol. The van der Waals surface area contributed by atoms with E-state index in [1.165, 1.54) is 0 Å². The molecule has 0 bridgehead atoms. The van der Waals surface area contributed by atoms with Gasteiger partial charge in [0.05, 0.1) is 6.04 Å². The third-order valence-electron chi connectivity index (χ3n) is 2.55. The number of hydrogen-bond acceptors (Lipinski definition) is 3. The van der Waals surface area contributed by atoms with E-state index in [0.29, 0.717) is 6.04 Å². The largest absolute Gasteiger partial charge is 0.342 e. The minimum Gasteiger partial charge on any atom is -0.342 e. The van der Waals surface area contributed by atoms with Gasteiger partial charge in [-0.3, -0.25) is 4.79 Å². The summed E-state index contributed by atoms with van der Waals surface area (Å²) in [6, 6.07) is 0.312. The molecule has 0 fully saturated rings. The highest BCUT2D eigenvalue weighted by Gasteiger charge is 2.19. The van der Waals surface area contributed by atoms with E-state index in [0.717, 1.165) is 24.6 Å². The topological polar surface area (TPSA) is 32.3 Å². The standard InChI is InChI=1S/C12H26N2OS/c1-6-14(7-2)12(15)11(5)13-10(4)9-16-8-3/h10-11,13H,6-9H2,1-5H3. The Kier molecular flexibility index (Phi) is 8.76. The smallest absolute Gasteiger partial charge is 0.239 e. The first-order chi connectivity index (χ1) is 7.56. The number of nitrogens with one attached hydrogen (secondary N) is 1. The Hall–Kier alpha value is -0.220. The number of nitrogens with zero attached hydrogens (tertiary/aromatic N) is 1. The fraction of sp³-hybridized carbons (Fsp3) is 0.917. The second-order valence-corrected chi connectivity index (χ2v) is 5.28. The van der Waals surface area contributed by atoms with E-state index in [1.807, 2.05) is 37.4 Å². The Balaban J connectivity index is 4.03. The third kappa shape index (κ3) is 5.75. The van der Waals surface area contributed by atoms with Crippen LogP contribution in [0, 0.1) is 0 Å². The van der Waals surface area contributed by atoms with Crippen molar-refractivity contribution < 1.29 is 4.79 Å². The van der Waals surface area contributed by atoms with Gasteiger partial charge in [-0.05, 0) is 33.4 Å². The minimum absolute atomic E-state index is 0.0765. The number of carbonyl (C=O) groups is 1. The predicted octanol–water partition coefficient (Wildman–Crippen LogP) is 1.97. The molecule has 1 amide bonds. The van der Waals surface area contributed by atoms with Gasteiger partial charge in [-0.25, -0.2) is 0 Å². The van der Waals surface area contributed by atoms with Crippen molar-refractivity contribution in [1.82, 2.24) is 10.2 Å². The number of amides is 1. The molecule has 0 heterocycles. The van der Waals surface area contributed by atoms with Gasteiger partial charge in [0.25, 0.3) is 0 Å². The number of rotatable bonds is 8. The van der Waals surface area contributed by atoms with E-state index >= 15 is 0 Å². The summed E-state index contributed by atoms with van der Waals surface area (Å²) in [5.74, 6) is 2.40. The number of likely N-dealkylation sites (N-methyl/N-ethyl adjacent to an activating group) is 1. The van der Waals surface area contributed by atoms with Crippen LogP contribution in [-0.2, 0) is 4.79 Å². The molecule has 0 saturated heterocycles. The zero-order valence-electron chi connectivity index (χ0n) is 11.2. The predicted molar refractivity (Wildman–Crippen MR) is 73.0 cm³/mol. The Morgan fingerprint density at radius 1 is 1.25 bits per heavy atom. The summed E-state index contributed by atoms with van der Waals surface area (Å²) in [5, 5.41) is 3.35. The first-order valence-corrected chi connectivity index (χ1v) is 7.34. The zero-order chi connectivity index (χ0) is 12.6. The van der Waals surface area contributed by atoms with Gasteiger partial charge in [0, 0.05) is 24.9 Å². The molecule has 0 aliphatic heterocycles. The van der Waals surface area contributed by atoms with Gasteiger partial charge >= 0.3 is 0 Å².